The molecule has 0 unspecified atom stereocenters. The first-order valence-corrected chi connectivity index (χ1v) is 5.85. The van der Waals surface area contributed by atoms with Crippen LogP contribution >= 0.6 is 0 Å². The van der Waals surface area contributed by atoms with E-state index in [1.54, 1.807) is 24.4 Å². The maximum atomic E-state index is 11.1. The molecular formula is C14H17N3O. The summed E-state index contributed by atoms with van der Waals surface area (Å²) in [6.45, 7) is 5.90. The van der Waals surface area contributed by atoms with E-state index < -0.39 is 5.91 Å². The van der Waals surface area contributed by atoms with E-state index in [1.165, 1.54) is 6.33 Å². The van der Waals surface area contributed by atoms with Crippen LogP contribution in [0.1, 0.15) is 29.9 Å². The summed E-state index contributed by atoms with van der Waals surface area (Å²) < 4.78 is 0. The molecule has 0 aliphatic rings. The lowest BCUT2D eigenvalue weighted by Gasteiger charge is -2.05. The molecule has 2 N–H and O–H groups in total. The number of hydrogen-bond acceptors (Lipinski definition) is 3. The highest BCUT2D eigenvalue weighted by molar-refractivity contribution is 5.94. The van der Waals surface area contributed by atoms with E-state index in [-0.39, 0.29) is 0 Å². The number of hydrogen-bond donors (Lipinski definition) is 1. The molecule has 0 atom stereocenters. The Morgan fingerprint density at radius 1 is 1.28 bits per heavy atom. The molecule has 0 bridgehead atoms. The molecule has 4 nitrogen and oxygen atoms in total. The molecule has 0 aliphatic heterocycles. The number of amides is 1. The van der Waals surface area contributed by atoms with Crippen LogP contribution in [-0.2, 0) is 0 Å². The third-order valence-corrected chi connectivity index (χ3v) is 2.37. The van der Waals surface area contributed by atoms with E-state index in [9.17, 15) is 4.79 Å². The Labute approximate surface area is 107 Å². The fourth-order valence-electron chi connectivity index (χ4n) is 1.51. The highest BCUT2D eigenvalue weighted by Gasteiger charge is 2.05. The van der Waals surface area contributed by atoms with Gasteiger partial charge in [0.1, 0.15) is 6.33 Å². The SMILES string of the molecule is CC.Cc1ncncc1-c1cccc(C(N)=O)c1. The van der Waals surface area contributed by atoms with Crippen LogP contribution in [0.5, 0.6) is 0 Å². The Morgan fingerprint density at radius 3 is 2.61 bits per heavy atom. The lowest BCUT2D eigenvalue weighted by atomic mass is 10.0. The molecule has 18 heavy (non-hydrogen) atoms. The molecule has 2 rings (SSSR count). The molecule has 0 radical (unpaired) electrons. The predicted octanol–water partition coefficient (Wildman–Crippen LogP) is 2.58. The van der Waals surface area contributed by atoms with Gasteiger partial charge < -0.3 is 5.73 Å². The highest BCUT2D eigenvalue weighted by Crippen LogP contribution is 2.21. The Kier molecular flexibility index (Phi) is 4.99. The molecule has 94 valence electrons. The molecule has 0 aliphatic carbocycles. The molecule has 1 amide bonds. The molecule has 2 aromatic rings. The van der Waals surface area contributed by atoms with E-state index in [0.29, 0.717) is 5.56 Å². The minimum atomic E-state index is -0.434. The van der Waals surface area contributed by atoms with Crippen molar-refractivity contribution in [3.8, 4) is 11.1 Å². The van der Waals surface area contributed by atoms with E-state index >= 15 is 0 Å². The zero-order valence-electron chi connectivity index (χ0n) is 10.8. The summed E-state index contributed by atoms with van der Waals surface area (Å²) in [5.41, 5.74) is 8.39. The molecule has 0 spiro atoms. The lowest BCUT2D eigenvalue weighted by molar-refractivity contribution is 0.100. The Balaban J connectivity index is 0.000000771. The van der Waals surface area contributed by atoms with Crippen LogP contribution in [0, 0.1) is 6.92 Å². The van der Waals surface area contributed by atoms with Gasteiger partial charge in [-0.2, -0.15) is 0 Å². The van der Waals surface area contributed by atoms with E-state index in [4.69, 9.17) is 5.73 Å². The first-order valence-electron chi connectivity index (χ1n) is 5.85. The van der Waals surface area contributed by atoms with Crippen LogP contribution in [-0.4, -0.2) is 15.9 Å². The zero-order valence-corrected chi connectivity index (χ0v) is 10.8. The van der Waals surface area contributed by atoms with E-state index in [2.05, 4.69) is 9.97 Å². The van der Waals surface area contributed by atoms with Gasteiger partial charge >= 0.3 is 0 Å². The van der Waals surface area contributed by atoms with E-state index in [1.807, 2.05) is 26.8 Å². The summed E-state index contributed by atoms with van der Waals surface area (Å²) in [6, 6.07) is 7.12. The summed E-state index contributed by atoms with van der Waals surface area (Å²) in [5.74, 6) is -0.434. The van der Waals surface area contributed by atoms with Crippen LogP contribution in [0.2, 0.25) is 0 Å². The first kappa shape index (κ1) is 13.8. The Morgan fingerprint density at radius 2 is 2.00 bits per heavy atom. The first-order chi connectivity index (χ1) is 8.68. The number of carbonyl (C=O) groups is 1. The third-order valence-electron chi connectivity index (χ3n) is 2.37. The standard InChI is InChI=1S/C12H11N3O.C2H6/c1-8-11(6-14-7-15-8)9-3-2-4-10(5-9)12(13)16;1-2/h2-7H,1H3,(H2,13,16);1-2H3. The smallest absolute Gasteiger partial charge is 0.248 e. The van der Waals surface area contributed by atoms with Crippen molar-refractivity contribution < 1.29 is 4.79 Å². The van der Waals surface area contributed by atoms with Crippen LogP contribution in [0.25, 0.3) is 11.1 Å². The summed E-state index contributed by atoms with van der Waals surface area (Å²) in [4.78, 5) is 19.1. The van der Waals surface area contributed by atoms with Gasteiger partial charge in [0.25, 0.3) is 0 Å². The lowest BCUT2D eigenvalue weighted by Crippen LogP contribution is -2.10. The van der Waals surface area contributed by atoms with Crippen LogP contribution < -0.4 is 5.73 Å². The van der Waals surface area contributed by atoms with Gasteiger partial charge in [-0.05, 0) is 24.6 Å². The van der Waals surface area contributed by atoms with Crippen molar-refractivity contribution >= 4 is 5.91 Å². The summed E-state index contributed by atoms with van der Waals surface area (Å²) in [7, 11) is 0. The summed E-state index contributed by atoms with van der Waals surface area (Å²) in [6.07, 6.45) is 3.22. The van der Waals surface area contributed by atoms with Crippen molar-refractivity contribution in [2.75, 3.05) is 0 Å². The highest BCUT2D eigenvalue weighted by atomic mass is 16.1. The molecule has 4 heteroatoms. The average Bonchev–Trinajstić information content (AvgIpc) is 2.42. The van der Waals surface area contributed by atoms with Gasteiger partial charge in [0, 0.05) is 23.0 Å². The number of primary amides is 1. The number of carbonyl (C=O) groups excluding carboxylic acids is 1. The second-order valence-electron chi connectivity index (χ2n) is 3.47. The summed E-state index contributed by atoms with van der Waals surface area (Å²) in [5, 5.41) is 0. The zero-order chi connectivity index (χ0) is 13.5. The third kappa shape index (κ3) is 3.13. The number of aryl methyl sites for hydroxylation is 1. The molecule has 1 aromatic carbocycles. The minimum absolute atomic E-state index is 0.434. The number of aromatic nitrogens is 2. The topological polar surface area (TPSA) is 68.9 Å². The minimum Gasteiger partial charge on any atom is -0.366 e. The normalized spacial score (nSPS) is 9.28. The van der Waals surface area contributed by atoms with Crippen molar-refractivity contribution in [3.05, 3.63) is 48.0 Å². The van der Waals surface area contributed by atoms with Gasteiger partial charge in [-0.1, -0.05) is 26.0 Å². The van der Waals surface area contributed by atoms with Crippen molar-refractivity contribution in [1.29, 1.82) is 0 Å². The van der Waals surface area contributed by atoms with Gasteiger partial charge in [0.2, 0.25) is 5.91 Å². The predicted molar refractivity (Wildman–Crippen MR) is 72.1 cm³/mol. The maximum absolute atomic E-state index is 11.1. The molecule has 0 saturated heterocycles. The number of nitrogens with two attached hydrogens (primary N) is 1. The molecule has 1 aromatic heterocycles. The van der Waals surface area contributed by atoms with Crippen LogP contribution in [0.3, 0.4) is 0 Å². The maximum Gasteiger partial charge on any atom is 0.248 e. The van der Waals surface area contributed by atoms with Crippen LogP contribution in [0.4, 0.5) is 0 Å². The summed E-state index contributed by atoms with van der Waals surface area (Å²) >= 11 is 0. The van der Waals surface area contributed by atoms with Gasteiger partial charge in [0.15, 0.2) is 0 Å². The Bertz CT molecular complexity index is 538. The molecule has 0 fully saturated rings. The quantitative estimate of drug-likeness (QED) is 0.881. The van der Waals surface area contributed by atoms with Gasteiger partial charge in [-0.25, -0.2) is 9.97 Å². The second-order valence-corrected chi connectivity index (χ2v) is 3.47. The van der Waals surface area contributed by atoms with Crippen molar-refractivity contribution in [2.24, 2.45) is 5.73 Å². The van der Waals surface area contributed by atoms with Crippen LogP contribution in [0.15, 0.2) is 36.8 Å². The average molecular weight is 243 g/mol. The molecular weight excluding hydrogens is 226 g/mol. The molecule has 0 saturated carbocycles. The van der Waals surface area contributed by atoms with Crippen molar-refractivity contribution in [1.82, 2.24) is 9.97 Å². The van der Waals surface area contributed by atoms with Crippen molar-refractivity contribution in [3.63, 3.8) is 0 Å². The van der Waals surface area contributed by atoms with Gasteiger partial charge in [-0.3, -0.25) is 4.79 Å². The number of benzene rings is 1. The Hall–Kier alpha value is -2.23. The fourth-order valence-corrected chi connectivity index (χ4v) is 1.51. The second kappa shape index (κ2) is 6.49. The fraction of sp³-hybridized carbons (Fsp3) is 0.214. The number of nitrogens with zero attached hydrogens (tertiary/aromatic N) is 2. The molecule has 1 heterocycles. The number of rotatable bonds is 2. The largest absolute Gasteiger partial charge is 0.366 e. The van der Waals surface area contributed by atoms with Gasteiger partial charge in [0.05, 0.1) is 0 Å². The van der Waals surface area contributed by atoms with E-state index in [0.717, 1.165) is 16.8 Å². The van der Waals surface area contributed by atoms with Gasteiger partial charge in [-0.15, -0.1) is 0 Å². The monoisotopic (exact) mass is 243 g/mol. The van der Waals surface area contributed by atoms with Crippen molar-refractivity contribution in [2.45, 2.75) is 20.8 Å².